The minimum Gasteiger partial charge on any atom is -0.484 e. The number of anilines is 1. The number of nitrogens with one attached hydrogen (secondary N) is 1. The number of carbonyl (C=O) groups excluding carboxylic acids is 2. The Morgan fingerprint density at radius 1 is 1.14 bits per heavy atom. The highest BCUT2D eigenvalue weighted by Crippen LogP contribution is 2.31. The zero-order chi connectivity index (χ0) is 30.9. The quantitative estimate of drug-likeness (QED) is 0.284. The molecule has 1 heterocycles. The SMILES string of the molecule is Cc1cc(B(O)O)ccc1[C@@H](C)COC(=O)Nc1cc(F)c(O[C@@H]2CCOC2)c(CN(C)C(=O)OCc2ccccc2)c1. The molecule has 12 heteroatoms. The molecule has 1 saturated heterocycles. The molecule has 4 rings (SSSR count). The molecular weight excluding hydrogens is 558 g/mol. The Hall–Kier alpha value is -4.13. The molecule has 0 aromatic heterocycles. The van der Waals surface area contributed by atoms with Gasteiger partial charge in [0.2, 0.25) is 0 Å². The largest absolute Gasteiger partial charge is 0.488 e. The number of benzene rings is 3. The number of amides is 2. The van der Waals surface area contributed by atoms with Crippen molar-refractivity contribution in [1.29, 1.82) is 0 Å². The average molecular weight is 594 g/mol. The monoisotopic (exact) mass is 594 g/mol. The van der Waals surface area contributed by atoms with Crippen LogP contribution in [0.5, 0.6) is 5.75 Å². The maximum Gasteiger partial charge on any atom is 0.488 e. The lowest BCUT2D eigenvalue weighted by molar-refractivity contribution is 0.101. The molecule has 3 N–H and O–H groups in total. The van der Waals surface area contributed by atoms with Crippen LogP contribution in [-0.2, 0) is 27.4 Å². The predicted molar refractivity (Wildman–Crippen MR) is 159 cm³/mol. The van der Waals surface area contributed by atoms with E-state index in [4.69, 9.17) is 18.9 Å². The Labute approximate surface area is 250 Å². The molecular formula is C31H36BFN2O8. The molecule has 3 aromatic carbocycles. The van der Waals surface area contributed by atoms with Crippen LogP contribution in [0, 0.1) is 12.7 Å². The maximum atomic E-state index is 15.4. The third-order valence-electron chi connectivity index (χ3n) is 7.05. The van der Waals surface area contributed by atoms with Crippen molar-refractivity contribution in [1.82, 2.24) is 4.90 Å². The van der Waals surface area contributed by atoms with Crippen molar-refractivity contribution in [2.45, 2.75) is 45.4 Å². The first kappa shape index (κ1) is 31.8. The number of carbonyl (C=O) groups is 2. The van der Waals surface area contributed by atoms with E-state index in [-0.39, 0.29) is 43.2 Å². The van der Waals surface area contributed by atoms with Crippen LogP contribution in [0.1, 0.15) is 41.5 Å². The van der Waals surface area contributed by atoms with Gasteiger partial charge in [0.25, 0.3) is 0 Å². The molecule has 0 saturated carbocycles. The van der Waals surface area contributed by atoms with Crippen LogP contribution in [0.2, 0.25) is 0 Å². The van der Waals surface area contributed by atoms with Crippen LogP contribution in [0.4, 0.5) is 19.7 Å². The summed E-state index contributed by atoms with van der Waals surface area (Å²) < 4.78 is 37.4. The molecule has 0 radical (unpaired) electrons. The predicted octanol–water partition coefficient (Wildman–Crippen LogP) is 4.10. The van der Waals surface area contributed by atoms with Crippen molar-refractivity contribution in [2.24, 2.45) is 0 Å². The maximum absolute atomic E-state index is 15.4. The summed E-state index contributed by atoms with van der Waals surface area (Å²) in [7, 11) is -0.0439. The van der Waals surface area contributed by atoms with Crippen molar-refractivity contribution >= 4 is 30.5 Å². The highest BCUT2D eigenvalue weighted by atomic mass is 19.1. The van der Waals surface area contributed by atoms with Gasteiger partial charge in [0.05, 0.1) is 26.4 Å². The molecule has 228 valence electrons. The number of aryl methyl sites for hydroxylation is 1. The Morgan fingerprint density at radius 3 is 2.58 bits per heavy atom. The smallest absolute Gasteiger partial charge is 0.484 e. The van der Waals surface area contributed by atoms with Gasteiger partial charge in [-0.15, -0.1) is 0 Å². The van der Waals surface area contributed by atoms with Gasteiger partial charge in [0.15, 0.2) is 11.6 Å². The van der Waals surface area contributed by atoms with E-state index in [9.17, 15) is 19.6 Å². The van der Waals surface area contributed by atoms with E-state index in [1.165, 1.54) is 18.0 Å². The van der Waals surface area contributed by atoms with Crippen LogP contribution in [0.25, 0.3) is 0 Å². The molecule has 1 aliphatic heterocycles. The van der Waals surface area contributed by atoms with Crippen LogP contribution in [0.3, 0.4) is 0 Å². The highest BCUT2D eigenvalue weighted by molar-refractivity contribution is 6.58. The Balaban J connectivity index is 1.42. The molecule has 0 bridgehead atoms. The van der Waals surface area contributed by atoms with Crippen LogP contribution in [0.15, 0.2) is 60.7 Å². The van der Waals surface area contributed by atoms with E-state index in [2.05, 4.69) is 5.32 Å². The summed E-state index contributed by atoms with van der Waals surface area (Å²) in [4.78, 5) is 26.7. The Morgan fingerprint density at radius 2 is 1.91 bits per heavy atom. The standard InChI is InChI=1S/C31H36BFN2O8/c1-20-13-24(32(38)39)9-10-27(20)21(2)17-41-30(36)34-25-14-23(29(28(33)15-25)43-26-11-12-40-19-26)16-35(3)31(37)42-18-22-7-5-4-6-8-22/h4-10,13-15,21,26,38-39H,11-12,16-19H2,1-3H3,(H,34,36)/t21-,26+/m0/s1. The fourth-order valence-corrected chi connectivity index (χ4v) is 4.75. The molecule has 2 amide bonds. The summed E-state index contributed by atoms with van der Waals surface area (Å²) in [5, 5.41) is 21.3. The fourth-order valence-electron chi connectivity index (χ4n) is 4.75. The molecule has 1 fully saturated rings. The summed E-state index contributed by atoms with van der Waals surface area (Å²) in [6.07, 6.45) is -1.14. The van der Waals surface area contributed by atoms with Crippen LogP contribution >= 0.6 is 0 Å². The van der Waals surface area contributed by atoms with Gasteiger partial charge < -0.3 is 33.9 Å². The van der Waals surface area contributed by atoms with Gasteiger partial charge in [-0.25, -0.2) is 14.0 Å². The average Bonchev–Trinajstić information content (AvgIpc) is 3.50. The van der Waals surface area contributed by atoms with Gasteiger partial charge in [0, 0.05) is 36.7 Å². The first-order valence-corrected chi connectivity index (χ1v) is 14.0. The lowest BCUT2D eigenvalue weighted by Crippen LogP contribution is -2.30. The second kappa shape index (κ2) is 14.9. The summed E-state index contributed by atoms with van der Waals surface area (Å²) in [5.41, 5.74) is 3.36. The number of rotatable bonds is 11. The van der Waals surface area contributed by atoms with Gasteiger partial charge >= 0.3 is 19.3 Å². The minimum atomic E-state index is -1.57. The van der Waals surface area contributed by atoms with Crippen molar-refractivity contribution in [2.75, 3.05) is 32.2 Å². The molecule has 0 spiro atoms. The first-order valence-electron chi connectivity index (χ1n) is 14.0. The van der Waals surface area contributed by atoms with Gasteiger partial charge in [-0.05, 0) is 35.1 Å². The molecule has 10 nitrogen and oxygen atoms in total. The topological polar surface area (TPSA) is 127 Å². The van der Waals surface area contributed by atoms with E-state index in [1.807, 2.05) is 44.2 Å². The van der Waals surface area contributed by atoms with Crippen LogP contribution < -0.4 is 15.5 Å². The van der Waals surface area contributed by atoms with E-state index in [1.54, 1.807) is 18.2 Å². The van der Waals surface area contributed by atoms with E-state index in [0.29, 0.717) is 30.7 Å². The van der Waals surface area contributed by atoms with Crippen LogP contribution in [-0.4, -0.2) is 67.2 Å². The van der Waals surface area contributed by atoms with E-state index >= 15 is 4.39 Å². The minimum absolute atomic E-state index is 0.0297. The number of hydrogen-bond donors (Lipinski definition) is 3. The number of halogens is 1. The molecule has 0 unspecified atom stereocenters. The third-order valence-corrected chi connectivity index (χ3v) is 7.05. The van der Waals surface area contributed by atoms with Gasteiger partial charge in [-0.3, -0.25) is 5.32 Å². The second-order valence-corrected chi connectivity index (χ2v) is 10.6. The van der Waals surface area contributed by atoms with E-state index in [0.717, 1.165) is 22.8 Å². The number of hydrogen-bond acceptors (Lipinski definition) is 8. The summed E-state index contributed by atoms with van der Waals surface area (Å²) in [6, 6.07) is 16.9. The van der Waals surface area contributed by atoms with Crippen molar-refractivity contribution in [3.8, 4) is 5.75 Å². The summed E-state index contributed by atoms with van der Waals surface area (Å²) >= 11 is 0. The van der Waals surface area contributed by atoms with Crippen molar-refractivity contribution in [3.05, 3.63) is 88.7 Å². The summed E-state index contributed by atoms with van der Waals surface area (Å²) in [5.74, 6) is -0.929. The fraction of sp³-hybridized carbons (Fsp3) is 0.355. The van der Waals surface area contributed by atoms with Gasteiger partial charge in [-0.1, -0.05) is 55.5 Å². The molecule has 3 aromatic rings. The van der Waals surface area contributed by atoms with Crippen molar-refractivity contribution in [3.63, 3.8) is 0 Å². The zero-order valence-corrected chi connectivity index (χ0v) is 24.4. The Bertz CT molecular complexity index is 1400. The zero-order valence-electron chi connectivity index (χ0n) is 24.4. The lowest BCUT2D eigenvalue weighted by Gasteiger charge is -2.22. The number of nitrogens with zero attached hydrogens (tertiary/aromatic N) is 1. The molecule has 1 aliphatic rings. The second-order valence-electron chi connectivity index (χ2n) is 10.6. The Kier molecular flexibility index (Phi) is 11.0. The first-order chi connectivity index (χ1) is 20.6. The summed E-state index contributed by atoms with van der Waals surface area (Å²) in [6.45, 7) is 4.59. The molecule has 43 heavy (non-hydrogen) atoms. The highest BCUT2D eigenvalue weighted by Gasteiger charge is 2.24. The lowest BCUT2D eigenvalue weighted by atomic mass is 9.78. The number of ether oxygens (including phenoxy) is 4. The van der Waals surface area contributed by atoms with Gasteiger partial charge in [0.1, 0.15) is 12.7 Å². The molecule has 2 atom stereocenters. The third kappa shape index (κ3) is 8.93. The van der Waals surface area contributed by atoms with Gasteiger partial charge in [-0.2, -0.15) is 0 Å². The molecule has 0 aliphatic carbocycles. The van der Waals surface area contributed by atoms with E-state index < -0.39 is 25.1 Å². The normalized spacial score (nSPS) is 15.0. The van der Waals surface area contributed by atoms with Crippen molar-refractivity contribution < 1.29 is 43.0 Å².